The van der Waals surface area contributed by atoms with Gasteiger partial charge in [0.2, 0.25) is 0 Å². The Kier molecular flexibility index (Phi) is 6.50. The fourth-order valence-electron chi connectivity index (χ4n) is 5.79. The number of hydrogen-bond acceptors (Lipinski definition) is 9. The molecule has 2 aliphatic heterocycles. The van der Waals surface area contributed by atoms with Crippen molar-refractivity contribution < 1.29 is 18.6 Å². The number of hydrogen-bond donors (Lipinski definition) is 2. The Morgan fingerprint density at radius 2 is 1.85 bits per heavy atom. The lowest BCUT2D eigenvalue weighted by Gasteiger charge is -2.30. The van der Waals surface area contributed by atoms with E-state index >= 15 is 4.39 Å². The van der Waals surface area contributed by atoms with Crippen LogP contribution in [0.5, 0.6) is 23.0 Å². The second kappa shape index (κ2) is 10.5. The quantitative estimate of drug-likeness (QED) is 0.249. The first-order valence-electron chi connectivity index (χ1n) is 13.9. The third-order valence-corrected chi connectivity index (χ3v) is 7.79. The van der Waals surface area contributed by atoms with Crippen LogP contribution in [-0.2, 0) is 0 Å². The zero-order valence-electron chi connectivity index (χ0n) is 22.8. The van der Waals surface area contributed by atoms with Crippen molar-refractivity contribution in [2.45, 2.75) is 57.7 Å². The van der Waals surface area contributed by atoms with Crippen molar-refractivity contribution in [3.63, 3.8) is 0 Å². The summed E-state index contributed by atoms with van der Waals surface area (Å²) in [7, 11) is 0. The number of fused-ring (bicyclic) bond motifs is 4. The fraction of sp³-hybridized carbons (Fsp3) is 0.333. The van der Waals surface area contributed by atoms with Crippen LogP contribution in [0, 0.1) is 12.7 Å². The van der Waals surface area contributed by atoms with Crippen molar-refractivity contribution in [2.75, 3.05) is 11.9 Å². The molecule has 2 saturated heterocycles. The normalized spacial score (nSPS) is 19.9. The molecule has 0 radical (unpaired) electrons. The van der Waals surface area contributed by atoms with E-state index < -0.39 is 5.82 Å². The van der Waals surface area contributed by atoms with Gasteiger partial charge < -0.3 is 24.8 Å². The van der Waals surface area contributed by atoms with Crippen LogP contribution in [0.2, 0.25) is 0 Å². The molecule has 2 bridgehead atoms. The highest BCUT2D eigenvalue weighted by Crippen LogP contribution is 2.39. The number of ether oxygens (including phenoxy) is 3. The van der Waals surface area contributed by atoms with Crippen LogP contribution in [0.1, 0.15) is 38.2 Å². The topological polar surface area (TPSA) is 108 Å². The molecule has 2 N–H and O–H groups in total. The molecule has 1 unspecified atom stereocenters. The van der Waals surface area contributed by atoms with Gasteiger partial charge in [0.25, 0.3) is 0 Å². The average molecular weight is 556 g/mol. The number of rotatable bonds is 8. The van der Waals surface area contributed by atoms with E-state index in [9.17, 15) is 0 Å². The Labute approximate surface area is 235 Å². The van der Waals surface area contributed by atoms with E-state index in [2.05, 4.69) is 30.7 Å². The molecule has 5 heterocycles. The van der Waals surface area contributed by atoms with Gasteiger partial charge in [0.1, 0.15) is 36.1 Å². The molecule has 5 aromatic rings. The second-order valence-electron chi connectivity index (χ2n) is 10.5. The van der Waals surface area contributed by atoms with Gasteiger partial charge in [-0.2, -0.15) is 5.10 Å². The molecule has 0 spiro atoms. The number of nitrogens with zero attached hydrogens (tertiary/aromatic N) is 5. The van der Waals surface area contributed by atoms with Crippen LogP contribution in [-0.4, -0.2) is 49.4 Å². The van der Waals surface area contributed by atoms with Crippen LogP contribution >= 0.6 is 0 Å². The van der Waals surface area contributed by atoms with Crippen LogP contribution in [0.3, 0.4) is 0 Å². The first-order valence-corrected chi connectivity index (χ1v) is 13.9. The molecule has 10 nitrogen and oxygen atoms in total. The van der Waals surface area contributed by atoms with E-state index in [1.165, 1.54) is 25.5 Å². The number of nitrogens with one attached hydrogen (secondary N) is 2. The van der Waals surface area contributed by atoms with Crippen molar-refractivity contribution in [2.24, 2.45) is 0 Å². The highest BCUT2D eigenvalue weighted by Gasteiger charge is 2.35. The Balaban J connectivity index is 1.17. The lowest BCUT2D eigenvalue weighted by Crippen LogP contribution is -2.42. The average Bonchev–Trinajstić information content (AvgIpc) is 3.58. The molecule has 2 aromatic carbocycles. The van der Waals surface area contributed by atoms with Gasteiger partial charge in [-0.15, -0.1) is 0 Å². The van der Waals surface area contributed by atoms with Crippen molar-refractivity contribution in [1.29, 1.82) is 0 Å². The summed E-state index contributed by atoms with van der Waals surface area (Å²) in [6.45, 7) is 4.12. The van der Waals surface area contributed by atoms with Crippen molar-refractivity contribution in [3.05, 3.63) is 66.6 Å². The van der Waals surface area contributed by atoms with Crippen molar-refractivity contribution in [1.82, 2.24) is 29.9 Å². The molecule has 2 fully saturated rings. The van der Waals surface area contributed by atoms with E-state index in [1.807, 2.05) is 19.1 Å². The van der Waals surface area contributed by atoms with Crippen molar-refractivity contribution >= 4 is 28.1 Å². The number of anilines is 2. The minimum absolute atomic E-state index is 0.101. The van der Waals surface area contributed by atoms with Gasteiger partial charge in [-0.25, -0.2) is 23.9 Å². The molecule has 41 heavy (non-hydrogen) atoms. The fourth-order valence-corrected chi connectivity index (χ4v) is 5.79. The van der Waals surface area contributed by atoms with Crippen molar-refractivity contribution in [3.8, 4) is 23.0 Å². The SMILES string of the molecule is CCOc1cc2ncnc(Nc3ccc(Oc4ccn5ncnc5c4)c(C)c3F)c2cc1OC1C[C@H]2CC[C@@H](C1)N2. The maximum absolute atomic E-state index is 15.6. The molecule has 11 heteroatoms. The number of halogens is 1. The molecule has 2 aliphatic rings. The minimum atomic E-state index is -0.439. The lowest BCUT2D eigenvalue weighted by atomic mass is 10.0. The first-order chi connectivity index (χ1) is 20.0. The molecular weight excluding hydrogens is 525 g/mol. The van der Waals surface area contributed by atoms with Gasteiger partial charge in [-0.1, -0.05) is 0 Å². The molecule has 0 saturated carbocycles. The zero-order valence-corrected chi connectivity index (χ0v) is 22.8. The summed E-state index contributed by atoms with van der Waals surface area (Å²) in [5.41, 5.74) is 1.94. The smallest absolute Gasteiger partial charge is 0.163 e. The first kappa shape index (κ1) is 25.5. The molecular formula is C30H30FN7O3. The van der Waals surface area contributed by atoms with Gasteiger partial charge in [0.05, 0.1) is 17.8 Å². The largest absolute Gasteiger partial charge is 0.490 e. The summed E-state index contributed by atoms with van der Waals surface area (Å²) >= 11 is 0. The third-order valence-electron chi connectivity index (χ3n) is 7.79. The number of aromatic nitrogens is 5. The number of pyridine rings is 1. The third kappa shape index (κ3) is 4.97. The van der Waals surface area contributed by atoms with Gasteiger partial charge in [0.15, 0.2) is 23.0 Å². The van der Waals surface area contributed by atoms with E-state index in [-0.39, 0.29) is 11.8 Å². The highest BCUT2D eigenvalue weighted by atomic mass is 19.1. The molecule has 3 aromatic heterocycles. The highest BCUT2D eigenvalue weighted by molar-refractivity contribution is 5.93. The van der Waals surface area contributed by atoms with Crippen LogP contribution in [0.4, 0.5) is 15.9 Å². The number of benzene rings is 2. The van der Waals surface area contributed by atoms with Gasteiger partial charge >= 0.3 is 0 Å². The van der Waals surface area contributed by atoms with E-state index in [0.29, 0.717) is 69.6 Å². The Bertz CT molecular complexity index is 1730. The molecule has 210 valence electrons. The summed E-state index contributed by atoms with van der Waals surface area (Å²) in [6.07, 6.45) is 9.06. The predicted molar refractivity (Wildman–Crippen MR) is 152 cm³/mol. The Hall–Kier alpha value is -4.51. The maximum Gasteiger partial charge on any atom is 0.163 e. The summed E-state index contributed by atoms with van der Waals surface area (Å²) in [6, 6.07) is 11.6. The van der Waals surface area contributed by atoms with Gasteiger partial charge in [-0.05, 0) is 63.8 Å². The summed E-state index contributed by atoms with van der Waals surface area (Å²) < 4.78 is 35.7. The second-order valence-corrected chi connectivity index (χ2v) is 10.5. The molecule has 3 atom stereocenters. The molecule has 0 amide bonds. The Morgan fingerprint density at radius 3 is 2.68 bits per heavy atom. The molecule has 7 rings (SSSR count). The van der Waals surface area contributed by atoms with Crippen LogP contribution in [0.25, 0.3) is 16.6 Å². The van der Waals surface area contributed by atoms with Crippen LogP contribution in [0.15, 0.2) is 55.2 Å². The monoisotopic (exact) mass is 555 g/mol. The number of piperidine rings is 1. The summed E-state index contributed by atoms with van der Waals surface area (Å²) in [5.74, 6) is 2.26. The summed E-state index contributed by atoms with van der Waals surface area (Å²) in [5, 5.41) is 11.6. The van der Waals surface area contributed by atoms with Crippen LogP contribution < -0.4 is 24.8 Å². The minimum Gasteiger partial charge on any atom is -0.490 e. The standard InChI is InChI=1S/C30H30FN7O3/c1-3-39-26-14-24-22(13-27(26)41-21-10-18-4-5-19(11-21)36-18)30(34-15-32-24)37-23-6-7-25(17(2)29(23)31)40-20-8-9-38-28(12-20)33-16-35-38/h6-9,12-16,18-19,21,36H,3-5,10-11H2,1-2H3,(H,32,34,37)/t18-,19+,21?. The molecule has 0 aliphatic carbocycles. The van der Waals surface area contributed by atoms with Gasteiger partial charge in [-0.3, -0.25) is 0 Å². The summed E-state index contributed by atoms with van der Waals surface area (Å²) in [4.78, 5) is 13.1. The zero-order chi connectivity index (χ0) is 27.9. The lowest BCUT2D eigenvalue weighted by molar-refractivity contribution is 0.132. The van der Waals surface area contributed by atoms with E-state index in [0.717, 1.165) is 12.8 Å². The Morgan fingerprint density at radius 1 is 1.00 bits per heavy atom. The maximum atomic E-state index is 15.6. The van der Waals surface area contributed by atoms with E-state index in [4.69, 9.17) is 14.2 Å². The van der Waals surface area contributed by atoms with E-state index in [1.54, 1.807) is 41.9 Å². The van der Waals surface area contributed by atoms with Gasteiger partial charge in [0, 0.05) is 41.4 Å². The predicted octanol–water partition coefficient (Wildman–Crippen LogP) is 5.72.